The lowest BCUT2D eigenvalue weighted by atomic mass is 10.2. The molecule has 21 heavy (non-hydrogen) atoms. The van der Waals surface area contributed by atoms with Crippen LogP contribution in [0.1, 0.15) is 15.9 Å². The summed E-state index contributed by atoms with van der Waals surface area (Å²) in [5, 5.41) is 11.2. The number of nitrogens with zero attached hydrogens (tertiary/aromatic N) is 2. The van der Waals surface area contributed by atoms with Crippen LogP contribution in [0.15, 0.2) is 48.8 Å². The number of pyridine rings is 1. The normalized spacial score (nSPS) is 9.48. The van der Waals surface area contributed by atoms with E-state index < -0.39 is 18.5 Å². The maximum atomic E-state index is 11.6. The van der Waals surface area contributed by atoms with Gasteiger partial charge in [-0.25, -0.2) is 4.79 Å². The number of nitrogens with one attached hydrogen (secondary N) is 1. The quantitative estimate of drug-likeness (QED) is 0.862. The molecule has 0 aliphatic heterocycles. The summed E-state index contributed by atoms with van der Waals surface area (Å²) >= 11 is 0. The number of nitriles is 1. The minimum absolute atomic E-state index is 0.281. The van der Waals surface area contributed by atoms with Gasteiger partial charge < -0.3 is 10.1 Å². The minimum Gasteiger partial charge on any atom is -0.452 e. The number of benzene rings is 1. The first kappa shape index (κ1) is 14.2. The van der Waals surface area contributed by atoms with Crippen LogP contribution in [0.5, 0.6) is 0 Å². The van der Waals surface area contributed by atoms with Crippen LogP contribution in [-0.4, -0.2) is 23.5 Å². The number of rotatable bonds is 4. The summed E-state index contributed by atoms with van der Waals surface area (Å²) < 4.78 is 4.86. The Morgan fingerprint density at radius 2 is 2.00 bits per heavy atom. The van der Waals surface area contributed by atoms with E-state index in [2.05, 4.69) is 10.3 Å². The monoisotopic (exact) mass is 281 g/mol. The molecule has 0 saturated heterocycles. The molecule has 6 heteroatoms. The van der Waals surface area contributed by atoms with E-state index in [4.69, 9.17) is 10.00 Å². The van der Waals surface area contributed by atoms with Crippen molar-refractivity contribution in [3.8, 4) is 6.07 Å². The Balaban J connectivity index is 1.85. The summed E-state index contributed by atoms with van der Waals surface area (Å²) in [5.41, 5.74) is 1.30. The zero-order valence-corrected chi connectivity index (χ0v) is 10.9. The molecule has 0 saturated carbocycles. The van der Waals surface area contributed by atoms with Crippen molar-refractivity contribution in [1.82, 2.24) is 4.98 Å². The zero-order valence-electron chi connectivity index (χ0n) is 10.9. The van der Waals surface area contributed by atoms with Gasteiger partial charge in [-0.15, -0.1) is 0 Å². The molecule has 0 radical (unpaired) electrons. The minimum atomic E-state index is -0.613. The second-order valence-electron chi connectivity index (χ2n) is 4.06. The van der Waals surface area contributed by atoms with Crippen LogP contribution in [0.25, 0.3) is 0 Å². The van der Waals surface area contributed by atoms with E-state index in [1.54, 1.807) is 36.4 Å². The smallest absolute Gasteiger partial charge is 0.340 e. The molecule has 0 aliphatic rings. The van der Waals surface area contributed by atoms with Gasteiger partial charge in [0.25, 0.3) is 5.91 Å². The van der Waals surface area contributed by atoms with Gasteiger partial charge in [-0.1, -0.05) is 0 Å². The lowest BCUT2D eigenvalue weighted by molar-refractivity contribution is -0.119. The Kier molecular flexibility index (Phi) is 4.62. The van der Waals surface area contributed by atoms with Gasteiger partial charge in [0.15, 0.2) is 6.61 Å². The lowest BCUT2D eigenvalue weighted by Crippen LogP contribution is -2.20. The molecule has 0 aliphatic carbocycles. The molecule has 1 aromatic heterocycles. The summed E-state index contributed by atoms with van der Waals surface area (Å²) in [6.07, 6.45) is 2.90. The second-order valence-corrected chi connectivity index (χ2v) is 4.06. The molecular weight excluding hydrogens is 270 g/mol. The fourth-order valence-corrected chi connectivity index (χ4v) is 1.52. The first-order valence-electron chi connectivity index (χ1n) is 6.06. The molecule has 1 amide bonds. The SMILES string of the molecule is N#Cc1ccc(NC(=O)COC(=O)c2cccnc2)cc1. The van der Waals surface area contributed by atoms with E-state index in [9.17, 15) is 9.59 Å². The number of amides is 1. The standard InChI is InChI=1S/C15H11N3O3/c16-8-11-3-5-13(6-4-11)18-14(19)10-21-15(20)12-2-1-7-17-9-12/h1-7,9H,10H2,(H,18,19). The zero-order chi connectivity index (χ0) is 15.1. The predicted molar refractivity (Wildman–Crippen MR) is 74.3 cm³/mol. The van der Waals surface area contributed by atoms with Crippen molar-refractivity contribution in [3.05, 3.63) is 59.9 Å². The van der Waals surface area contributed by atoms with E-state index in [-0.39, 0.29) is 5.56 Å². The van der Waals surface area contributed by atoms with Crippen LogP contribution in [0.2, 0.25) is 0 Å². The molecule has 6 nitrogen and oxygen atoms in total. The Bertz CT molecular complexity index is 676. The van der Waals surface area contributed by atoms with Gasteiger partial charge >= 0.3 is 5.97 Å². The number of esters is 1. The summed E-state index contributed by atoms with van der Waals surface area (Å²) in [6, 6.07) is 11.5. The van der Waals surface area contributed by atoms with Crippen molar-refractivity contribution >= 4 is 17.6 Å². The number of ether oxygens (including phenoxy) is 1. The Morgan fingerprint density at radius 3 is 2.62 bits per heavy atom. The van der Waals surface area contributed by atoms with Crippen molar-refractivity contribution in [2.24, 2.45) is 0 Å². The van der Waals surface area contributed by atoms with Gasteiger partial charge in [-0.2, -0.15) is 5.26 Å². The molecule has 0 unspecified atom stereocenters. The number of carbonyl (C=O) groups is 2. The van der Waals surface area contributed by atoms with Gasteiger partial charge in [0.2, 0.25) is 0 Å². The average Bonchev–Trinajstić information content (AvgIpc) is 2.54. The molecule has 1 N–H and O–H groups in total. The molecule has 0 bridgehead atoms. The molecule has 0 fully saturated rings. The molecule has 0 atom stereocenters. The van der Waals surface area contributed by atoms with Gasteiger partial charge in [0.05, 0.1) is 17.2 Å². The molecule has 104 valence electrons. The number of carbonyl (C=O) groups excluding carboxylic acids is 2. The van der Waals surface area contributed by atoms with Crippen LogP contribution < -0.4 is 5.32 Å². The van der Waals surface area contributed by atoms with Gasteiger partial charge in [-0.05, 0) is 36.4 Å². The van der Waals surface area contributed by atoms with Crippen LogP contribution in [0.4, 0.5) is 5.69 Å². The number of anilines is 1. The Labute approximate surface area is 121 Å². The highest BCUT2D eigenvalue weighted by Crippen LogP contribution is 2.08. The van der Waals surface area contributed by atoms with Crippen molar-refractivity contribution in [3.63, 3.8) is 0 Å². The van der Waals surface area contributed by atoms with Crippen molar-refractivity contribution in [2.75, 3.05) is 11.9 Å². The van der Waals surface area contributed by atoms with Gasteiger partial charge in [-0.3, -0.25) is 9.78 Å². The van der Waals surface area contributed by atoms with E-state index in [1.807, 2.05) is 6.07 Å². The van der Waals surface area contributed by atoms with E-state index in [0.717, 1.165) is 0 Å². The number of aromatic nitrogens is 1. The van der Waals surface area contributed by atoms with Crippen LogP contribution in [0, 0.1) is 11.3 Å². The van der Waals surface area contributed by atoms with E-state index in [0.29, 0.717) is 11.3 Å². The second kappa shape index (κ2) is 6.82. The van der Waals surface area contributed by atoms with Crippen LogP contribution in [-0.2, 0) is 9.53 Å². The maximum absolute atomic E-state index is 11.6. The highest BCUT2D eigenvalue weighted by atomic mass is 16.5. The largest absolute Gasteiger partial charge is 0.452 e. The molecule has 2 rings (SSSR count). The van der Waals surface area contributed by atoms with E-state index in [1.165, 1.54) is 12.4 Å². The topological polar surface area (TPSA) is 92.1 Å². The first-order chi connectivity index (χ1) is 10.2. The fourth-order valence-electron chi connectivity index (χ4n) is 1.52. The molecule has 1 aromatic carbocycles. The average molecular weight is 281 g/mol. The summed E-state index contributed by atoms with van der Waals surface area (Å²) in [4.78, 5) is 27.0. The summed E-state index contributed by atoms with van der Waals surface area (Å²) in [5.74, 6) is -1.07. The molecule has 0 spiro atoms. The Hall–Kier alpha value is -3.20. The highest BCUT2D eigenvalue weighted by molar-refractivity contribution is 5.95. The van der Waals surface area contributed by atoms with Crippen molar-refractivity contribution in [2.45, 2.75) is 0 Å². The highest BCUT2D eigenvalue weighted by Gasteiger charge is 2.10. The van der Waals surface area contributed by atoms with Gasteiger partial charge in [0.1, 0.15) is 0 Å². The molecular formula is C15H11N3O3. The van der Waals surface area contributed by atoms with Crippen molar-refractivity contribution in [1.29, 1.82) is 5.26 Å². The van der Waals surface area contributed by atoms with Gasteiger partial charge in [0, 0.05) is 18.1 Å². The third kappa shape index (κ3) is 4.14. The number of hydrogen-bond donors (Lipinski definition) is 1. The third-order valence-electron chi connectivity index (χ3n) is 2.53. The summed E-state index contributed by atoms with van der Waals surface area (Å²) in [6.45, 7) is -0.395. The third-order valence-corrected chi connectivity index (χ3v) is 2.53. The number of hydrogen-bond acceptors (Lipinski definition) is 5. The fraction of sp³-hybridized carbons (Fsp3) is 0.0667. The summed E-state index contributed by atoms with van der Waals surface area (Å²) in [7, 11) is 0. The maximum Gasteiger partial charge on any atom is 0.340 e. The first-order valence-corrected chi connectivity index (χ1v) is 6.06. The lowest BCUT2D eigenvalue weighted by Gasteiger charge is -2.06. The van der Waals surface area contributed by atoms with Crippen LogP contribution >= 0.6 is 0 Å². The van der Waals surface area contributed by atoms with Crippen molar-refractivity contribution < 1.29 is 14.3 Å². The molecule has 2 aromatic rings. The van der Waals surface area contributed by atoms with Crippen LogP contribution in [0.3, 0.4) is 0 Å². The molecule has 1 heterocycles. The Morgan fingerprint density at radius 1 is 1.24 bits per heavy atom. The van der Waals surface area contributed by atoms with E-state index >= 15 is 0 Å². The predicted octanol–water partition coefficient (Wildman–Crippen LogP) is 1.75.